The number of hydrogen-bond acceptors (Lipinski definition) is 4. The standard InChI is InChI=1S/C23H43NO3/c1-3-4-5-6-7-8-9-10-11-12-13-14-15-16-17-25-18-19-26-20-21-27-23(2)22-24/h2-21H2,1H3. The van der Waals surface area contributed by atoms with Crippen LogP contribution >= 0.6 is 0 Å². The molecule has 0 aliphatic carbocycles. The third-order valence-electron chi connectivity index (χ3n) is 4.64. The zero-order chi connectivity index (χ0) is 19.8. The van der Waals surface area contributed by atoms with Crippen molar-refractivity contribution in [2.75, 3.05) is 33.0 Å². The average Bonchev–Trinajstić information content (AvgIpc) is 2.68. The van der Waals surface area contributed by atoms with Crippen LogP contribution in [0.1, 0.15) is 96.8 Å². The van der Waals surface area contributed by atoms with Gasteiger partial charge in [-0.05, 0) is 13.0 Å². The Bertz CT molecular complexity index is 352. The van der Waals surface area contributed by atoms with Crippen molar-refractivity contribution >= 4 is 0 Å². The van der Waals surface area contributed by atoms with Crippen molar-refractivity contribution in [2.45, 2.75) is 96.8 Å². The molecule has 0 amide bonds. The summed E-state index contributed by atoms with van der Waals surface area (Å²) in [7, 11) is 0. The van der Waals surface area contributed by atoms with Crippen molar-refractivity contribution in [3.63, 3.8) is 0 Å². The van der Waals surface area contributed by atoms with Gasteiger partial charge in [-0.15, -0.1) is 0 Å². The highest BCUT2D eigenvalue weighted by atomic mass is 16.5. The molecule has 0 aromatic rings. The summed E-state index contributed by atoms with van der Waals surface area (Å²) in [5.74, 6) is 0.132. The molecule has 0 aromatic heterocycles. The number of ether oxygens (including phenoxy) is 3. The number of hydrogen-bond donors (Lipinski definition) is 0. The zero-order valence-corrected chi connectivity index (χ0v) is 17.8. The molecule has 0 rings (SSSR count). The van der Waals surface area contributed by atoms with Gasteiger partial charge in [-0.2, -0.15) is 5.26 Å². The Balaban J connectivity index is 3.01. The molecule has 0 radical (unpaired) electrons. The van der Waals surface area contributed by atoms with Gasteiger partial charge in [-0.1, -0.05) is 90.4 Å². The largest absolute Gasteiger partial charge is 0.482 e. The first-order valence-corrected chi connectivity index (χ1v) is 11.2. The molecule has 4 nitrogen and oxygen atoms in total. The lowest BCUT2D eigenvalue weighted by Gasteiger charge is -2.06. The van der Waals surface area contributed by atoms with E-state index in [0.717, 1.165) is 13.0 Å². The van der Waals surface area contributed by atoms with E-state index < -0.39 is 0 Å². The number of nitriles is 1. The first-order chi connectivity index (χ1) is 13.3. The van der Waals surface area contributed by atoms with Gasteiger partial charge in [-0.3, -0.25) is 0 Å². The van der Waals surface area contributed by atoms with Crippen LogP contribution < -0.4 is 0 Å². The molecule has 0 atom stereocenters. The quantitative estimate of drug-likeness (QED) is 0.121. The van der Waals surface area contributed by atoms with E-state index in [1.165, 1.54) is 83.5 Å². The molecule has 0 saturated carbocycles. The molecule has 0 fully saturated rings. The second kappa shape index (κ2) is 23.0. The molecular weight excluding hydrogens is 338 g/mol. The van der Waals surface area contributed by atoms with Gasteiger partial charge in [0.1, 0.15) is 12.7 Å². The molecule has 0 spiro atoms. The van der Waals surface area contributed by atoms with Crippen LogP contribution in [0.15, 0.2) is 12.3 Å². The lowest BCUT2D eigenvalue weighted by molar-refractivity contribution is 0.0277. The summed E-state index contributed by atoms with van der Waals surface area (Å²) in [4.78, 5) is 0. The first kappa shape index (κ1) is 26.0. The van der Waals surface area contributed by atoms with Crippen molar-refractivity contribution in [1.82, 2.24) is 0 Å². The average molecular weight is 382 g/mol. The molecule has 0 heterocycles. The number of unbranched alkanes of at least 4 members (excludes halogenated alkanes) is 13. The Morgan fingerprint density at radius 1 is 0.630 bits per heavy atom. The third-order valence-corrected chi connectivity index (χ3v) is 4.64. The van der Waals surface area contributed by atoms with Gasteiger partial charge in [0.05, 0.1) is 19.8 Å². The summed E-state index contributed by atoms with van der Waals surface area (Å²) in [5, 5.41) is 8.46. The van der Waals surface area contributed by atoms with Crippen molar-refractivity contribution in [3.8, 4) is 6.07 Å². The van der Waals surface area contributed by atoms with Crippen LogP contribution in [0, 0.1) is 11.3 Å². The molecule has 0 N–H and O–H groups in total. The molecule has 0 aliphatic rings. The molecule has 0 saturated heterocycles. The van der Waals surface area contributed by atoms with Gasteiger partial charge < -0.3 is 14.2 Å². The van der Waals surface area contributed by atoms with Gasteiger partial charge in [-0.25, -0.2) is 0 Å². The van der Waals surface area contributed by atoms with E-state index >= 15 is 0 Å². The summed E-state index contributed by atoms with van der Waals surface area (Å²) in [6, 6.07) is 1.83. The second-order valence-electron chi connectivity index (χ2n) is 7.20. The van der Waals surface area contributed by atoms with E-state index in [9.17, 15) is 0 Å². The maximum absolute atomic E-state index is 8.46. The molecule has 27 heavy (non-hydrogen) atoms. The van der Waals surface area contributed by atoms with Crippen molar-refractivity contribution in [1.29, 1.82) is 5.26 Å². The smallest absolute Gasteiger partial charge is 0.189 e. The minimum atomic E-state index is 0.132. The van der Waals surface area contributed by atoms with Crippen molar-refractivity contribution in [3.05, 3.63) is 12.3 Å². The van der Waals surface area contributed by atoms with E-state index in [-0.39, 0.29) is 5.76 Å². The van der Waals surface area contributed by atoms with Crippen molar-refractivity contribution < 1.29 is 14.2 Å². The summed E-state index contributed by atoms with van der Waals surface area (Å²) >= 11 is 0. The van der Waals surface area contributed by atoms with Gasteiger partial charge in [0, 0.05) is 6.61 Å². The number of rotatable bonds is 22. The topological polar surface area (TPSA) is 51.5 Å². The Labute approximate surface area is 168 Å². The van der Waals surface area contributed by atoms with E-state index in [1.54, 1.807) is 0 Å². The molecule has 4 heteroatoms. The number of nitrogens with zero attached hydrogens (tertiary/aromatic N) is 1. The third kappa shape index (κ3) is 22.9. The van der Waals surface area contributed by atoms with E-state index in [4.69, 9.17) is 19.5 Å². The Morgan fingerprint density at radius 2 is 1.04 bits per heavy atom. The Kier molecular flexibility index (Phi) is 22.1. The predicted octanol–water partition coefficient (Wildman–Crippen LogP) is 6.55. The molecule has 0 aliphatic heterocycles. The predicted molar refractivity (Wildman–Crippen MR) is 113 cm³/mol. The maximum atomic E-state index is 8.46. The summed E-state index contributed by atoms with van der Waals surface area (Å²) in [6.07, 6.45) is 19.3. The van der Waals surface area contributed by atoms with Crippen LogP contribution in [-0.2, 0) is 14.2 Å². The zero-order valence-electron chi connectivity index (χ0n) is 17.8. The lowest BCUT2D eigenvalue weighted by atomic mass is 10.0. The normalized spacial score (nSPS) is 10.7. The summed E-state index contributed by atoms with van der Waals surface area (Å²) in [5.41, 5.74) is 0. The minimum Gasteiger partial charge on any atom is -0.482 e. The van der Waals surface area contributed by atoms with Gasteiger partial charge in [0.2, 0.25) is 0 Å². The molecular formula is C23H43NO3. The van der Waals surface area contributed by atoms with E-state index in [1.807, 2.05) is 6.07 Å². The fraction of sp³-hybridized carbons (Fsp3) is 0.870. The summed E-state index contributed by atoms with van der Waals surface area (Å²) < 4.78 is 15.9. The van der Waals surface area contributed by atoms with Crippen LogP contribution in [0.5, 0.6) is 0 Å². The van der Waals surface area contributed by atoms with Crippen LogP contribution in [-0.4, -0.2) is 33.0 Å². The summed E-state index contributed by atoms with van der Waals surface area (Å²) in [6.45, 7) is 8.55. The Morgan fingerprint density at radius 3 is 1.52 bits per heavy atom. The van der Waals surface area contributed by atoms with Gasteiger partial charge in [0.15, 0.2) is 5.76 Å². The monoisotopic (exact) mass is 381 g/mol. The van der Waals surface area contributed by atoms with Crippen LogP contribution in [0.25, 0.3) is 0 Å². The first-order valence-electron chi connectivity index (χ1n) is 11.2. The minimum absolute atomic E-state index is 0.132. The van der Waals surface area contributed by atoms with Crippen LogP contribution in [0.2, 0.25) is 0 Å². The SMILES string of the molecule is C=C(C#N)OCCOCCOCCCCCCCCCCCCCCCC. The Hall–Kier alpha value is -1.05. The molecule has 0 bridgehead atoms. The molecule has 0 unspecified atom stereocenters. The highest BCUT2D eigenvalue weighted by Crippen LogP contribution is 2.12. The molecule has 158 valence electrons. The van der Waals surface area contributed by atoms with Crippen LogP contribution in [0.4, 0.5) is 0 Å². The van der Waals surface area contributed by atoms with Crippen molar-refractivity contribution in [2.24, 2.45) is 0 Å². The highest BCUT2D eigenvalue weighted by molar-refractivity contribution is 5.06. The maximum Gasteiger partial charge on any atom is 0.189 e. The van der Waals surface area contributed by atoms with Gasteiger partial charge >= 0.3 is 0 Å². The number of allylic oxidation sites excluding steroid dienone is 1. The fourth-order valence-corrected chi connectivity index (χ4v) is 2.98. The second-order valence-corrected chi connectivity index (χ2v) is 7.20. The van der Waals surface area contributed by atoms with Gasteiger partial charge in [0.25, 0.3) is 0 Å². The van der Waals surface area contributed by atoms with E-state index in [0.29, 0.717) is 26.4 Å². The molecule has 0 aromatic carbocycles. The highest BCUT2D eigenvalue weighted by Gasteiger charge is 1.95. The fourth-order valence-electron chi connectivity index (χ4n) is 2.98. The lowest BCUT2D eigenvalue weighted by Crippen LogP contribution is -2.09. The van der Waals surface area contributed by atoms with Crippen LogP contribution in [0.3, 0.4) is 0 Å². The van der Waals surface area contributed by atoms with E-state index in [2.05, 4.69) is 13.5 Å².